The average Bonchev–Trinajstić information content (AvgIpc) is 3.63. The third-order valence-corrected chi connectivity index (χ3v) is 10.4. The Morgan fingerprint density at radius 1 is 0.978 bits per heavy atom. The molecule has 0 radical (unpaired) electrons. The van der Waals surface area contributed by atoms with Crippen molar-refractivity contribution in [3.8, 4) is 0 Å². The van der Waals surface area contributed by atoms with Crippen LogP contribution in [0.15, 0.2) is 6.20 Å². The van der Waals surface area contributed by atoms with Gasteiger partial charge in [0.2, 0.25) is 17.7 Å². The number of piperidine rings is 1. The Kier molecular flexibility index (Phi) is 10.7. The van der Waals surface area contributed by atoms with E-state index >= 15 is 0 Å². The monoisotopic (exact) mass is 631 g/mol. The van der Waals surface area contributed by atoms with Crippen LogP contribution in [0.25, 0.3) is 0 Å². The second kappa shape index (κ2) is 14.8. The minimum Gasteiger partial charge on any atom is -0.388 e. The van der Waals surface area contributed by atoms with Crippen LogP contribution in [0.5, 0.6) is 0 Å². The van der Waals surface area contributed by atoms with Gasteiger partial charge in [-0.05, 0) is 38.0 Å². The molecule has 250 valence electrons. The molecule has 3 amide bonds. The van der Waals surface area contributed by atoms with Crippen LogP contribution < -0.4 is 10.6 Å². The van der Waals surface area contributed by atoms with E-state index in [1.807, 2.05) is 10.9 Å². The number of hydrogen-bond acceptors (Lipinski definition) is 10. The van der Waals surface area contributed by atoms with Crippen LogP contribution in [-0.2, 0) is 30.3 Å². The van der Waals surface area contributed by atoms with E-state index in [-0.39, 0.29) is 55.9 Å². The molecule has 4 N–H and O–H groups in total. The first-order valence-electron chi connectivity index (χ1n) is 16.9. The van der Waals surface area contributed by atoms with E-state index in [2.05, 4.69) is 20.9 Å². The lowest BCUT2D eigenvalue weighted by Crippen LogP contribution is -2.57. The summed E-state index contributed by atoms with van der Waals surface area (Å²) in [6.45, 7) is 2.26. The Labute approximate surface area is 264 Å². The number of aliphatic hydroxyl groups is 2. The number of aliphatic hydroxyl groups excluding tert-OH is 2. The van der Waals surface area contributed by atoms with Crippen molar-refractivity contribution >= 4 is 17.7 Å². The largest absolute Gasteiger partial charge is 0.388 e. The van der Waals surface area contributed by atoms with Gasteiger partial charge in [0, 0.05) is 51.6 Å². The van der Waals surface area contributed by atoms with Crippen LogP contribution in [0.3, 0.4) is 0 Å². The summed E-state index contributed by atoms with van der Waals surface area (Å²) in [5.74, 6) is -0.362. The van der Waals surface area contributed by atoms with Crippen molar-refractivity contribution < 1.29 is 34.1 Å². The third kappa shape index (κ3) is 7.84. The lowest BCUT2D eigenvalue weighted by molar-refractivity contribution is -0.147. The number of carbonyl (C=O) groups is 3. The highest BCUT2D eigenvalue weighted by Crippen LogP contribution is 2.30. The highest BCUT2D eigenvalue weighted by atomic mass is 16.5. The number of fused-ring (bicyclic) bond motifs is 3. The van der Waals surface area contributed by atoms with Gasteiger partial charge in [-0.2, -0.15) is 0 Å². The highest BCUT2D eigenvalue weighted by molar-refractivity contribution is 5.90. The summed E-state index contributed by atoms with van der Waals surface area (Å²) >= 11 is 0. The van der Waals surface area contributed by atoms with Gasteiger partial charge in [0.15, 0.2) is 0 Å². The first kappa shape index (κ1) is 32.3. The Morgan fingerprint density at radius 2 is 1.76 bits per heavy atom. The lowest BCUT2D eigenvalue weighted by Gasteiger charge is -2.39. The molecule has 4 aliphatic heterocycles. The first-order chi connectivity index (χ1) is 21.9. The molecule has 5 fully saturated rings. The number of nitrogens with one attached hydrogen (secondary N) is 2. The van der Waals surface area contributed by atoms with Crippen LogP contribution in [0.1, 0.15) is 75.9 Å². The van der Waals surface area contributed by atoms with E-state index in [0.29, 0.717) is 45.1 Å². The number of hydrogen-bond donors (Lipinski definition) is 4. The Balaban J connectivity index is 1.16. The Bertz CT molecular complexity index is 1170. The molecule has 2 unspecified atom stereocenters. The fourth-order valence-corrected chi connectivity index (χ4v) is 7.64. The molecule has 5 aliphatic rings. The zero-order valence-electron chi connectivity index (χ0n) is 26.1. The second-order valence-corrected chi connectivity index (χ2v) is 13.5. The van der Waals surface area contributed by atoms with Crippen molar-refractivity contribution in [3.05, 3.63) is 11.9 Å². The molecule has 1 aromatic rings. The molecule has 1 aliphatic carbocycles. The standard InChI is InChI=1S/C31H49N7O7/c39-27-16-25-29(41)30(42)26(45-25)17-33-31(43)24-15-23(38-18-22(34-35-38)14-20-4-2-1-3-5-20)6-10-37(24)28(40)19-36(27)11-9-32-21-7-12-44-13-8-21/h18,20-21,23-26,29-30,32,41-42H,1-17,19H2,(H,33,43)/t23-,24+,25+,26-,29?,30?/m1/s1. The van der Waals surface area contributed by atoms with Crippen molar-refractivity contribution in [2.45, 2.75) is 113 Å². The maximum Gasteiger partial charge on any atom is 0.242 e. The summed E-state index contributed by atoms with van der Waals surface area (Å²) < 4.78 is 13.2. The minimum absolute atomic E-state index is 0.0431. The first-order valence-corrected chi connectivity index (χ1v) is 16.9. The average molecular weight is 632 g/mol. The number of carbonyl (C=O) groups excluding carboxylic acids is 3. The van der Waals surface area contributed by atoms with Crippen molar-refractivity contribution in [3.63, 3.8) is 0 Å². The number of aromatic nitrogens is 3. The van der Waals surface area contributed by atoms with E-state index in [1.165, 1.54) is 37.0 Å². The Morgan fingerprint density at radius 3 is 2.56 bits per heavy atom. The molecule has 14 heteroatoms. The van der Waals surface area contributed by atoms with Gasteiger partial charge < -0.3 is 40.1 Å². The van der Waals surface area contributed by atoms with Gasteiger partial charge in [-0.25, -0.2) is 4.68 Å². The maximum atomic E-state index is 13.8. The zero-order chi connectivity index (χ0) is 31.3. The van der Waals surface area contributed by atoms with E-state index in [4.69, 9.17) is 9.47 Å². The minimum atomic E-state index is -1.28. The van der Waals surface area contributed by atoms with Gasteiger partial charge in [-0.15, -0.1) is 5.10 Å². The maximum absolute atomic E-state index is 13.8. The highest BCUT2D eigenvalue weighted by Gasteiger charge is 2.45. The second-order valence-electron chi connectivity index (χ2n) is 13.5. The molecular weight excluding hydrogens is 582 g/mol. The summed E-state index contributed by atoms with van der Waals surface area (Å²) in [5.41, 5.74) is 0.962. The number of ether oxygens (including phenoxy) is 2. The van der Waals surface area contributed by atoms with Crippen molar-refractivity contribution in [1.29, 1.82) is 0 Å². The SMILES string of the molecule is O=C1NC[C@H]2O[C@@H](CC(=O)N(CCNC3CCOCC3)CC(=O)N3CC[C@@H](n4cc(CC5CCCCC5)nn4)C[C@@H]13)C(O)C2O. The summed E-state index contributed by atoms with van der Waals surface area (Å²) in [6, 6.07) is -0.628. The van der Waals surface area contributed by atoms with Crippen LogP contribution in [0.2, 0.25) is 0 Å². The fraction of sp³-hybridized carbons (Fsp3) is 0.839. The van der Waals surface area contributed by atoms with Crippen molar-refractivity contribution in [1.82, 2.24) is 35.4 Å². The Hall–Kier alpha value is -2.65. The predicted octanol–water partition coefficient (Wildman–Crippen LogP) is -0.461. The normalized spacial score (nSPS) is 32.9. The van der Waals surface area contributed by atoms with Gasteiger partial charge in [0.05, 0.1) is 30.8 Å². The molecule has 6 rings (SSSR count). The quantitative estimate of drug-likeness (QED) is 0.309. The van der Waals surface area contributed by atoms with E-state index in [1.54, 1.807) is 4.90 Å². The van der Waals surface area contributed by atoms with Crippen LogP contribution in [-0.4, -0.2) is 135 Å². The van der Waals surface area contributed by atoms with Crippen LogP contribution in [0, 0.1) is 5.92 Å². The van der Waals surface area contributed by atoms with Gasteiger partial charge in [-0.3, -0.25) is 14.4 Å². The van der Waals surface area contributed by atoms with Crippen LogP contribution in [0.4, 0.5) is 0 Å². The number of rotatable bonds is 7. The summed E-state index contributed by atoms with van der Waals surface area (Å²) in [5, 5.41) is 36.5. The number of amides is 3. The third-order valence-electron chi connectivity index (χ3n) is 10.4. The zero-order valence-corrected chi connectivity index (χ0v) is 26.1. The molecule has 2 bridgehead atoms. The topological polar surface area (TPSA) is 171 Å². The van der Waals surface area contributed by atoms with Gasteiger partial charge in [0.1, 0.15) is 24.4 Å². The smallest absolute Gasteiger partial charge is 0.242 e. The van der Waals surface area contributed by atoms with Crippen LogP contribution >= 0.6 is 0 Å². The summed E-state index contributed by atoms with van der Waals surface area (Å²) in [4.78, 5) is 44.1. The molecule has 0 aromatic carbocycles. The lowest BCUT2D eigenvalue weighted by atomic mass is 9.86. The van der Waals surface area contributed by atoms with Crippen molar-refractivity contribution in [2.75, 3.05) is 45.9 Å². The summed E-state index contributed by atoms with van der Waals surface area (Å²) in [6.07, 6.45) is 7.40. The molecular formula is C31H49N7O7. The number of nitrogens with zero attached hydrogens (tertiary/aromatic N) is 5. The van der Waals surface area contributed by atoms with E-state index < -0.39 is 30.5 Å². The summed E-state index contributed by atoms with van der Waals surface area (Å²) in [7, 11) is 0. The molecule has 4 saturated heterocycles. The van der Waals surface area contributed by atoms with E-state index in [0.717, 1.165) is 25.0 Å². The molecule has 1 aromatic heterocycles. The molecule has 5 heterocycles. The van der Waals surface area contributed by atoms with Gasteiger partial charge in [-0.1, -0.05) is 37.3 Å². The molecule has 6 atom stereocenters. The van der Waals surface area contributed by atoms with Gasteiger partial charge >= 0.3 is 0 Å². The molecule has 0 spiro atoms. The van der Waals surface area contributed by atoms with Gasteiger partial charge in [0.25, 0.3) is 0 Å². The fourth-order valence-electron chi connectivity index (χ4n) is 7.64. The predicted molar refractivity (Wildman–Crippen MR) is 161 cm³/mol. The van der Waals surface area contributed by atoms with E-state index in [9.17, 15) is 24.6 Å². The molecule has 1 saturated carbocycles. The molecule has 14 nitrogen and oxygen atoms in total. The van der Waals surface area contributed by atoms with Crippen molar-refractivity contribution in [2.24, 2.45) is 5.92 Å². The molecule has 45 heavy (non-hydrogen) atoms.